The monoisotopic (exact) mass is 335 g/mol. The molecule has 7 heteroatoms. The SMILES string of the molecule is CC(C)CCOC1CCN(C(=O)c2cn(C3CCNCC3)nn2)C1. The van der Waals surface area contributed by atoms with E-state index in [4.69, 9.17) is 4.74 Å². The van der Waals surface area contributed by atoms with E-state index >= 15 is 0 Å². The first-order valence-electron chi connectivity index (χ1n) is 9.17. The van der Waals surface area contributed by atoms with Crippen LogP contribution >= 0.6 is 0 Å². The summed E-state index contributed by atoms with van der Waals surface area (Å²) in [5, 5.41) is 11.6. The Morgan fingerprint density at radius 2 is 2.17 bits per heavy atom. The molecule has 0 saturated carbocycles. The van der Waals surface area contributed by atoms with E-state index in [2.05, 4.69) is 29.5 Å². The standard InChI is InChI=1S/C17H29N5O2/c1-13(2)6-10-24-15-5-9-21(11-15)17(23)16-12-22(20-19-16)14-3-7-18-8-4-14/h12-15,18H,3-11H2,1-2H3. The Labute approximate surface area is 143 Å². The summed E-state index contributed by atoms with van der Waals surface area (Å²) in [5.41, 5.74) is 0.455. The zero-order valence-electron chi connectivity index (χ0n) is 14.8. The topological polar surface area (TPSA) is 72.3 Å². The molecule has 1 aromatic rings. The molecule has 1 N–H and O–H groups in total. The van der Waals surface area contributed by atoms with Gasteiger partial charge in [0.15, 0.2) is 5.69 Å². The molecule has 2 fully saturated rings. The van der Waals surface area contributed by atoms with Gasteiger partial charge in [0.1, 0.15) is 0 Å². The number of piperidine rings is 1. The number of likely N-dealkylation sites (tertiary alicyclic amines) is 1. The first-order chi connectivity index (χ1) is 11.6. The molecule has 134 valence electrons. The van der Waals surface area contributed by atoms with Crippen molar-refractivity contribution in [2.24, 2.45) is 5.92 Å². The van der Waals surface area contributed by atoms with Gasteiger partial charge in [0.25, 0.3) is 5.91 Å². The van der Waals surface area contributed by atoms with Crippen LogP contribution in [-0.2, 0) is 4.74 Å². The van der Waals surface area contributed by atoms with Crippen molar-refractivity contribution in [1.82, 2.24) is 25.2 Å². The molecule has 0 aliphatic carbocycles. The molecular formula is C17H29N5O2. The molecule has 1 amide bonds. The predicted molar refractivity (Wildman–Crippen MR) is 90.9 cm³/mol. The van der Waals surface area contributed by atoms with Crippen LogP contribution in [0.3, 0.4) is 0 Å². The second kappa shape index (κ2) is 8.07. The number of carbonyl (C=O) groups excluding carboxylic acids is 1. The summed E-state index contributed by atoms with van der Waals surface area (Å²) >= 11 is 0. The normalized spacial score (nSPS) is 22.5. The molecule has 0 bridgehead atoms. The van der Waals surface area contributed by atoms with Gasteiger partial charge >= 0.3 is 0 Å². The summed E-state index contributed by atoms with van der Waals surface area (Å²) < 4.78 is 7.75. The van der Waals surface area contributed by atoms with Crippen molar-refractivity contribution in [3.8, 4) is 0 Å². The number of hydrogen-bond acceptors (Lipinski definition) is 5. The Bertz CT molecular complexity index is 539. The Kier molecular flexibility index (Phi) is 5.84. The van der Waals surface area contributed by atoms with Crippen LogP contribution in [0.5, 0.6) is 0 Å². The van der Waals surface area contributed by atoms with Gasteiger partial charge < -0.3 is 15.0 Å². The minimum atomic E-state index is -0.0230. The van der Waals surface area contributed by atoms with Gasteiger partial charge in [-0.05, 0) is 44.7 Å². The molecule has 0 spiro atoms. The number of amides is 1. The number of aromatic nitrogens is 3. The molecule has 24 heavy (non-hydrogen) atoms. The van der Waals surface area contributed by atoms with Crippen molar-refractivity contribution in [3.63, 3.8) is 0 Å². The lowest BCUT2D eigenvalue weighted by Gasteiger charge is -2.22. The maximum atomic E-state index is 12.6. The first kappa shape index (κ1) is 17.4. The van der Waals surface area contributed by atoms with Gasteiger partial charge in [0.2, 0.25) is 0 Å². The maximum Gasteiger partial charge on any atom is 0.276 e. The highest BCUT2D eigenvalue weighted by Crippen LogP contribution is 2.19. The minimum absolute atomic E-state index is 0.0230. The van der Waals surface area contributed by atoms with Crippen molar-refractivity contribution >= 4 is 5.91 Å². The predicted octanol–water partition coefficient (Wildman–Crippen LogP) is 1.48. The fraction of sp³-hybridized carbons (Fsp3) is 0.824. The highest BCUT2D eigenvalue weighted by Gasteiger charge is 2.29. The van der Waals surface area contributed by atoms with E-state index < -0.39 is 0 Å². The smallest absolute Gasteiger partial charge is 0.276 e. The van der Waals surface area contributed by atoms with Crippen LogP contribution < -0.4 is 5.32 Å². The second-order valence-corrected chi connectivity index (χ2v) is 7.28. The van der Waals surface area contributed by atoms with Crippen molar-refractivity contribution in [3.05, 3.63) is 11.9 Å². The summed E-state index contributed by atoms with van der Waals surface area (Å²) in [6, 6.07) is 0.353. The average Bonchev–Trinajstić information content (AvgIpc) is 3.24. The third kappa shape index (κ3) is 4.33. The second-order valence-electron chi connectivity index (χ2n) is 7.28. The number of rotatable bonds is 6. The summed E-state index contributed by atoms with van der Waals surface area (Å²) in [6.07, 6.45) is 6.01. The molecule has 1 atom stereocenters. The summed E-state index contributed by atoms with van der Waals surface area (Å²) in [7, 11) is 0. The zero-order chi connectivity index (χ0) is 16.9. The molecule has 2 aliphatic rings. The van der Waals surface area contributed by atoms with E-state index in [1.165, 1.54) is 0 Å². The van der Waals surface area contributed by atoms with Crippen LogP contribution in [0.25, 0.3) is 0 Å². The maximum absolute atomic E-state index is 12.6. The number of nitrogens with one attached hydrogen (secondary N) is 1. The van der Waals surface area contributed by atoms with Gasteiger partial charge in [-0.3, -0.25) is 4.79 Å². The first-order valence-corrected chi connectivity index (χ1v) is 9.17. The number of nitrogens with zero attached hydrogens (tertiary/aromatic N) is 4. The lowest BCUT2D eigenvalue weighted by Crippen LogP contribution is -2.31. The van der Waals surface area contributed by atoms with Gasteiger partial charge in [-0.2, -0.15) is 0 Å². The van der Waals surface area contributed by atoms with Crippen LogP contribution in [-0.4, -0.2) is 64.7 Å². The van der Waals surface area contributed by atoms with Gasteiger partial charge in [-0.15, -0.1) is 5.10 Å². The van der Waals surface area contributed by atoms with E-state index in [1.807, 2.05) is 15.8 Å². The Morgan fingerprint density at radius 3 is 2.92 bits per heavy atom. The minimum Gasteiger partial charge on any atom is -0.376 e. The van der Waals surface area contributed by atoms with Crippen LogP contribution in [0.4, 0.5) is 0 Å². The van der Waals surface area contributed by atoms with Crippen molar-refractivity contribution in [2.75, 3.05) is 32.8 Å². The molecule has 0 aromatic carbocycles. The fourth-order valence-electron chi connectivity index (χ4n) is 3.31. The average molecular weight is 335 g/mol. The van der Waals surface area contributed by atoms with Crippen molar-refractivity contribution in [1.29, 1.82) is 0 Å². The van der Waals surface area contributed by atoms with E-state index in [0.717, 1.165) is 51.9 Å². The highest BCUT2D eigenvalue weighted by atomic mass is 16.5. The van der Waals surface area contributed by atoms with Gasteiger partial charge in [0, 0.05) is 19.7 Å². The Morgan fingerprint density at radius 1 is 1.38 bits per heavy atom. The number of hydrogen-bond donors (Lipinski definition) is 1. The molecule has 1 aromatic heterocycles. The third-order valence-corrected chi connectivity index (χ3v) is 4.89. The fourth-order valence-corrected chi connectivity index (χ4v) is 3.31. The van der Waals surface area contributed by atoms with Gasteiger partial charge in [-0.25, -0.2) is 4.68 Å². The van der Waals surface area contributed by atoms with Crippen molar-refractivity contribution < 1.29 is 9.53 Å². The van der Waals surface area contributed by atoms with Crippen molar-refractivity contribution in [2.45, 2.75) is 51.7 Å². The van der Waals surface area contributed by atoms with E-state index in [0.29, 0.717) is 24.2 Å². The summed E-state index contributed by atoms with van der Waals surface area (Å²) in [6.45, 7) is 8.56. The van der Waals surface area contributed by atoms with Crippen LogP contribution in [0.15, 0.2) is 6.20 Å². The summed E-state index contributed by atoms with van der Waals surface area (Å²) in [5.74, 6) is 0.624. The van der Waals surface area contributed by atoms with E-state index in [-0.39, 0.29) is 12.0 Å². The lowest BCUT2D eigenvalue weighted by atomic mass is 10.1. The summed E-state index contributed by atoms with van der Waals surface area (Å²) in [4.78, 5) is 14.5. The Hall–Kier alpha value is -1.47. The molecule has 2 aliphatic heterocycles. The van der Waals surface area contributed by atoms with Crippen LogP contribution in [0.2, 0.25) is 0 Å². The molecular weight excluding hydrogens is 306 g/mol. The quantitative estimate of drug-likeness (QED) is 0.852. The lowest BCUT2D eigenvalue weighted by molar-refractivity contribution is 0.0482. The van der Waals surface area contributed by atoms with Crippen LogP contribution in [0.1, 0.15) is 56.1 Å². The highest BCUT2D eigenvalue weighted by molar-refractivity contribution is 5.92. The van der Waals surface area contributed by atoms with Gasteiger partial charge in [-0.1, -0.05) is 19.1 Å². The molecule has 3 heterocycles. The molecule has 0 radical (unpaired) electrons. The largest absolute Gasteiger partial charge is 0.376 e. The number of ether oxygens (including phenoxy) is 1. The molecule has 2 saturated heterocycles. The van der Waals surface area contributed by atoms with Gasteiger partial charge in [0.05, 0.1) is 18.3 Å². The zero-order valence-corrected chi connectivity index (χ0v) is 14.8. The molecule has 7 nitrogen and oxygen atoms in total. The molecule has 3 rings (SSSR count). The number of carbonyl (C=O) groups is 1. The van der Waals surface area contributed by atoms with E-state index in [1.54, 1.807) is 0 Å². The Balaban J connectivity index is 1.50. The third-order valence-electron chi connectivity index (χ3n) is 4.89. The van der Waals surface area contributed by atoms with E-state index in [9.17, 15) is 4.79 Å². The van der Waals surface area contributed by atoms with Crippen LogP contribution in [0, 0.1) is 5.92 Å². The molecule has 1 unspecified atom stereocenters.